The summed E-state index contributed by atoms with van der Waals surface area (Å²) in [6.07, 6.45) is -3.37. The molecular weight excluding hydrogens is 257 g/mol. The summed E-state index contributed by atoms with van der Waals surface area (Å²) in [4.78, 5) is 0. The summed E-state index contributed by atoms with van der Waals surface area (Å²) in [6.45, 7) is 1.59. The minimum Gasteiger partial charge on any atom is -0.494 e. The number of hydrogen-bond donors (Lipinski definition) is 2. The summed E-state index contributed by atoms with van der Waals surface area (Å²) >= 11 is 0. The van der Waals surface area contributed by atoms with Crippen LogP contribution in [0, 0.1) is 0 Å². The lowest BCUT2D eigenvalue weighted by Crippen LogP contribution is -2.35. The first kappa shape index (κ1) is 15.8. The molecule has 6 heteroatoms. The van der Waals surface area contributed by atoms with E-state index in [2.05, 4.69) is 5.32 Å². The molecule has 3 nitrogen and oxygen atoms in total. The molecular formula is C13H19F3N2O. The van der Waals surface area contributed by atoms with Gasteiger partial charge in [-0.25, -0.2) is 0 Å². The third-order valence-corrected chi connectivity index (χ3v) is 2.52. The molecule has 1 rings (SSSR count). The molecule has 1 aromatic carbocycles. The molecule has 0 spiro atoms. The zero-order valence-corrected chi connectivity index (χ0v) is 10.8. The summed E-state index contributed by atoms with van der Waals surface area (Å²) < 4.78 is 42.0. The van der Waals surface area contributed by atoms with Crippen LogP contribution in [-0.4, -0.2) is 25.9 Å². The maximum absolute atomic E-state index is 12.2. The Morgan fingerprint density at radius 2 is 2.11 bits per heavy atom. The lowest BCUT2D eigenvalue weighted by molar-refractivity contribution is -0.126. The van der Waals surface area contributed by atoms with Crippen LogP contribution in [0.3, 0.4) is 0 Å². The first-order valence-electron chi connectivity index (χ1n) is 6.19. The standard InChI is InChI=1S/C13H19F3N2O/c1-2-6-19-11-5-3-4-10(7-11)12(8-17)18-9-13(14,15)16/h3-5,7,12,18H,2,6,8-9,17H2,1H3. The number of benzene rings is 1. The zero-order chi connectivity index (χ0) is 14.3. The largest absolute Gasteiger partial charge is 0.494 e. The third-order valence-electron chi connectivity index (χ3n) is 2.52. The van der Waals surface area contributed by atoms with Crippen molar-refractivity contribution in [3.05, 3.63) is 29.8 Å². The SMILES string of the molecule is CCCOc1cccc(C(CN)NCC(F)(F)F)c1. The number of nitrogens with one attached hydrogen (secondary N) is 1. The molecule has 1 atom stereocenters. The lowest BCUT2D eigenvalue weighted by Gasteiger charge is -2.19. The van der Waals surface area contributed by atoms with Crippen LogP contribution in [0.25, 0.3) is 0 Å². The highest BCUT2D eigenvalue weighted by molar-refractivity contribution is 5.30. The molecule has 0 radical (unpaired) electrons. The number of rotatable bonds is 7. The monoisotopic (exact) mass is 276 g/mol. The molecule has 1 aromatic rings. The maximum Gasteiger partial charge on any atom is 0.401 e. The van der Waals surface area contributed by atoms with Gasteiger partial charge in [-0.1, -0.05) is 19.1 Å². The fraction of sp³-hybridized carbons (Fsp3) is 0.538. The molecule has 0 saturated heterocycles. The summed E-state index contributed by atoms with van der Waals surface area (Å²) in [5.74, 6) is 0.645. The number of hydrogen-bond acceptors (Lipinski definition) is 3. The number of alkyl halides is 3. The summed E-state index contributed by atoms with van der Waals surface area (Å²) in [5.41, 5.74) is 6.21. The molecule has 0 bridgehead atoms. The molecule has 0 heterocycles. The molecule has 0 amide bonds. The van der Waals surface area contributed by atoms with Crippen molar-refractivity contribution in [1.29, 1.82) is 0 Å². The van der Waals surface area contributed by atoms with Gasteiger partial charge in [-0.15, -0.1) is 0 Å². The minimum atomic E-state index is -4.25. The molecule has 19 heavy (non-hydrogen) atoms. The van der Waals surface area contributed by atoms with Gasteiger partial charge < -0.3 is 15.8 Å². The van der Waals surface area contributed by atoms with E-state index in [-0.39, 0.29) is 6.54 Å². The molecule has 108 valence electrons. The van der Waals surface area contributed by atoms with Crippen LogP contribution < -0.4 is 15.8 Å². The highest BCUT2D eigenvalue weighted by atomic mass is 19.4. The maximum atomic E-state index is 12.2. The van der Waals surface area contributed by atoms with E-state index in [1.165, 1.54) is 0 Å². The second kappa shape index (κ2) is 7.35. The third kappa shape index (κ3) is 5.94. The molecule has 3 N–H and O–H groups in total. The second-order valence-electron chi connectivity index (χ2n) is 4.21. The van der Waals surface area contributed by atoms with Crippen molar-refractivity contribution in [3.63, 3.8) is 0 Å². The Balaban J connectivity index is 2.69. The van der Waals surface area contributed by atoms with Crippen molar-refractivity contribution in [2.24, 2.45) is 5.73 Å². The number of nitrogens with two attached hydrogens (primary N) is 1. The van der Waals surface area contributed by atoms with Gasteiger partial charge in [0.15, 0.2) is 0 Å². The van der Waals surface area contributed by atoms with Gasteiger partial charge >= 0.3 is 6.18 Å². The molecule has 0 aliphatic rings. The Morgan fingerprint density at radius 1 is 1.37 bits per heavy atom. The minimum absolute atomic E-state index is 0.0906. The van der Waals surface area contributed by atoms with Crippen LogP contribution in [0.1, 0.15) is 24.9 Å². The van der Waals surface area contributed by atoms with Crippen LogP contribution in [0.5, 0.6) is 5.75 Å². The van der Waals surface area contributed by atoms with Gasteiger partial charge in [-0.2, -0.15) is 13.2 Å². The van der Waals surface area contributed by atoms with E-state index < -0.39 is 18.8 Å². The summed E-state index contributed by atoms with van der Waals surface area (Å²) in [6, 6.07) is 6.44. The van der Waals surface area contributed by atoms with Crippen LogP contribution in [0.4, 0.5) is 13.2 Å². The molecule has 0 aromatic heterocycles. The van der Waals surface area contributed by atoms with Crippen molar-refractivity contribution in [2.75, 3.05) is 19.7 Å². The highest BCUT2D eigenvalue weighted by Crippen LogP contribution is 2.21. The van der Waals surface area contributed by atoms with Gasteiger partial charge in [0.05, 0.1) is 13.2 Å². The number of halogens is 3. The zero-order valence-electron chi connectivity index (χ0n) is 10.8. The quantitative estimate of drug-likeness (QED) is 0.805. The van der Waals surface area contributed by atoms with Gasteiger partial charge in [0.2, 0.25) is 0 Å². The average molecular weight is 276 g/mol. The number of ether oxygens (including phenoxy) is 1. The fourth-order valence-corrected chi connectivity index (χ4v) is 1.62. The van der Waals surface area contributed by atoms with Crippen molar-refractivity contribution >= 4 is 0 Å². The predicted molar refractivity (Wildman–Crippen MR) is 68.1 cm³/mol. The second-order valence-corrected chi connectivity index (χ2v) is 4.21. The lowest BCUT2D eigenvalue weighted by atomic mass is 10.1. The van der Waals surface area contributed by atoms with E-state index in [9.17, 15) is 13.2 Å². The van der Waals surface area contributed by atoms with Crippen molar-refractivity contribution in [3.8, 4) is 5.75 Å². The smallest absolute Gasteiger partial charge is 0.401 e. The topological polar surface area (TPSA) is 47.3 Å². The van der Waals surface area contributed by atoms with E-state index >= 15 is 0 Å². The van der Waals surface area contributed by atoms with Gasteiger partial charge in [-0.3, -0.25) is 0 Å². The van der Waals surface area contributed by atoms with Crippen LogP contribution in [0.2, 0.25) is 0 Å². The molecule has 0 saturated carbocycles. The Bertz CT molecular complexity index is 382. The summed E-state index contributed by atoms with van der Waals surface area (Å²) in [5, 5.41) is 2.40. The first-order valence-corrected chi connectivity index (χ1v) is 6.19. The Labute approximate surface area is 110 Å². The van der Waals surface area contributed by atoms with Crippen molar-refractivity contribution in [1.82, 2.24) is 5.32 Å². The normalized spacial score (nSPS) is 13.3. The molecule has 0 aliphatic carbocycles. The van der Waals surface area contributed by atoms with E-state index in [0.717, 1.165) is 6.42 Å². The summed E-state index contributed by atoms with van der Waals surface area (Å²) in [7, 11) is 0. The van der Waals surface area contributed by atoms with Gasteiger partial charge in [-0.05, 0) is 24.1 Å². The van der Waals surface area contributed by atoms with Gasteiger partial charge in [0.25, 0.3) is 0 Å². The Morgan fingerprint density at radius 3 is 2.68 bits per heavy atom. The van der Waals surface area contributed by atoms with Gasteiger partial charge in [0.1, 0.15) is 5.75 Å². The molecule has 0 fully saturated rings. The first-order chi connectivity index (χ1) is 8.96. The van der Waals surface area contributed by atoms with E-state index in [1.54, 1.807) is 24.3 Å². The van der Waals surface area contributed by atoms with Crippen LogP contribution in [0.15, 0.2) is 24.3 Å². The van der Waals surface area contributed by atoms with E-state index in [4.69, 9.17) is 10.5 Å². The van der Waals surface area contributed by atoms with Crippen LogP contribution in [-0.2, 0) is 0 Å². The Kier molecular flexibility index (Phi) is 6.11. The average Bonchev–Trinajstić information content (AvgIpc) is 2.36. The van der Waals surface area contributed by atoms with E-state index in [0.29, 0.717) is 17.9 Å². The predicted octanol–water partition coefficient (Wildman–Crippen LogP) is 2.63. The van der Waals surface area contributed by atoms with Crippen molar-refractivity contribution in [2.45, 2.75) is 25.6 Å². The Hall–Kier alpha value is -1.27. The van der Waals surface area contributed by atoms with Gasteiger partial charge in [0, 0.05) is 12.6 Å². The molecule has 1 unspecified atom stereocenters. The fourth-order valence-electron chi connectivity index (χ4n) is 1.62. The van der Waals surface area contributed by atoms with E-state index in [1.807, 2.05) is 6.92 Å². The highest BCUT2D eigenvalue weighted by Gasteiger charge is 2.28. The molecule has 0 aliphatic heterocycles. The van der Waals surface area contributed by atoms with Crippen molar-refractivity contribution < 1.29 is 17.9 Å². The van der Waals surface area contributed by atoms with Crippen LogP contribution >= 0.6 is 0 Å².